The molecule has 1 heterocycles. The van der Waals surface area contributed by atoms with E-state index < -0.39 is 18.6 Å². The molecule has 0 N–H and O–H groups in total. The van der Waals surface area contributed by atoms with Crippen molar-refractivity contribution in [1.29, 1.82) is 0 Å². The van der Waals surface area contributed by atoms with Gasteiger partial charge in [0, 0.05) is 11.9 Å². The molecule has 0 radical (unpaired) electrons. The predicted molar refractivity (Wildman–Crippen MR) is 59.0 cm³/mol. The summed E-state index contributed by atoms with van der Waals surface area (Å²) in [5, 5.41) is 1.46. The summed E-state index contributed by atoms with van der Waals surface area (Å²) in [6.45, 7) is 0.745. The SMILES string of the molecule is CCCCN(CC(F)(F)F)C(=O)c1cscn1. The van der Waals surface area contributed by atoms with Gasteiger partial charge in [0.15, 0.2) is 0 Å². The summed E-state index contributed by atoms with van der Waals surface area (Å²) < 4.78 is 37.0. The molecule has 7 heteroatoms. The molecule has 17 heavy (non-hydrogen) atoms. The molecule has 0 bridgehead atoms. The summed E-state index contributed by atoms with van der Waals surface area (Å²) in [4.78, 5) is 16.3. The average molecular weight is 266 g/mol. The Bertz CT molecular complexity index is 351. The zero-order chi connectivity index (χ0) is 12.9. The highest BCUT2D eigenvalue weighted by atomic mass is 32.1. The van der Waals surface area contributed by atoms with Crippen molar-refractivity contribution in [3.05, 3.63) is 16.6 Å². The molecule has 1 rings (SSSR count). The lowest BCUT2D eigenvalue weighted by Crippen LogP contribution is -2.39. The molecule has 3 nitrogen and oxygen atoms in total. The number of hydrogen-bond donors (Lipinski definition) is 0. The second-order valence-electron chi connectivity index (χ2n) is 3.57. The van der Waals surface area contributed by atoms with Gasteiger partial charge in [0.25, 0.3) is 5.91 Å². The maximum atomic E-state index is 12.3. The van der Waals surface area contributed by atoms with Gasteiger partial charge in [-0.2, -0.15) is 13.2 Å². The summed E-state index contributed by atoms with van der Waals surface area (Å²) in [7, 11) is 0. The number of alkyl halides is 3. The highest BCUT2D eigenvalue weighted by Crippen LogP contribution is 2.18. The molecule has 0 fully saturated rings. The minimum Gasteiger partial charge on any atom is -0.328 e. The Kier molecular flexibility index (Phi) is 4.92. The predicted octanol–water partition coefficient (Wildman–Crippen LogP) is 2.95. The van der Waals surface area contributed by atoms with E-state index in [1.54, 1.807) is 0 Å². The molecule has 0 saturated carbocycles. The van der Waals surface area contributed by atoms with Crippen LogP contribution in [-0.4, -0.2) is 35.1 Å². The van der Waals surface area contributed by atoms with Gasteiger partial charge in [-0.15, -0.1) is 11.3 Å². The van der Waals surface area contributed by atoms with Crippen LogP contribution in [0.2, 0.25) is 0 Å². The van der Waals surface area contributed by atoms with E-state index in [0.717, 1.165) is 11.3 Å². The fraction of sp³-hybridized carbons (Fsp3) is 0.600. The number of aromatic nitrogens is 1. The van der Waals surface area contributed by atoms with Crippen molar-refractivity contribution in [3.63, 3.8) is 0 Å². The summed E-state index contributed by atoms with van der Waals surface area (Å²) in [5.41, 5.74) is 1.51. The largest absolute Gasteiger partial charge is 0.406 e. The molecule has 0 saturated heterocycles. The smallest absolute Gasteiger partial charge is 0.328 e. The lowest BCUT2D eigenvalue weighted by atomic mass is 10.3. The number of rotatable bonds is 5. The van der Waals surface area contributed by atoms with Gasteiger partial charge in [0.2, 0.25) is 0 Å². The van der Waals surface area contributed by atoms with Crippen LogP contribution in [0.4, 0.5) is 13.2 Å². The van der Waals surface area contributed by atoms with Crippen molar-refractivity contribution in [2.24, 2.45) is 0 Å². The van der Waals surface area contributed by atoms with Gasteiger partial charge in [0.05, 0.1) is 5.51 Å². The third-order valence-electron chi connectivity index (χ3n) is 2.09. The molecule has 0 aliphatic carbocycles. The molecule has 1 aromatic heterocycles. The van der Waals surface area contributed by atoms with E-state index in [4.69, 9.17) is 0 Å². The van der Waals surface area contributed by atoms with Crippen LogP contribution in [0, 0.1) is 0 Å². The van der Waals surface area contributed by atoms with Crippen LogP contribution in [0.3, 0.4) is 0 Å². The molecule has 0 aliphatic rings. The van der Waals surface area contributed by atoms with E-state index in [-0.39, 0.29) is 12.2 Å². The minimum absolute atomic E-state index is 0.0790. The zero-order valence-corrected chi connectivity index (χ0v) is 10.1. The van der Waals surface area contributed by atoms with E-state index in [2.05, 4.69) is 4.98 Å². The first kappa shape index (κ1) is 14.0. The summed E-state index contributed by atoms with van der Waals surface area (Å²) in [6.07, 6.45) is -3.09. The van der Waals surface area contributed by atoms with E-state index in [1.807, 2.05) is 6.92 Å². The molecule has 0 aliphatic heterocycles. The number of carbonyl (C=O) groups excluding carboxylic acids is 1. The normalized spacial score (nSPS) is 11.5. The molecule has 96 valence electrons. The van der Waals surface area contributed by atoms with E-state index in [1.165, 1.54) is 22.2 Å². The topological polar surface area (TPSA) is 33.2 Å². The number of unbranched alkanes of at least 4 members (excludes halogenated alkanes) is 1. The standard InChI is InChI=1S/C10H13F3N2OS/c1-2-3-4-15(6-10(11,12)13)9(16)8-5-17-7-14-8/h5,7H,2-4,6H2,1H3. The van der Waals surface area contributed by atoms with E-state index in [0.29, 0.717) is 6.42 Å². The zero-order valence-electron chi connectivity index (χ0n) is 9.33. The fourth-order valence-electron chi connectivity index (χ4n) is 1.30. The van der Waals surface area contributed by atoms with Crippen molar-refractivity contribution in [2.75, 3.05) is 13.1 Å². The van der Waals surface area contributed by atoms with Gasteiger partial charge in [-0.1, -0.05) is 13.3 Å². The maximum absolute atomic E-state index is 12.3. The third kappa shape index (κ3) is 4.72. The van der Waals surface area contributed by atoms with Crippen LogP contribution < -0.4 is 0 Å². The molecule has 0 atom stereocenters. The number of halogens is 3. The monoisotopic (exact) mass is 266 g/mol. The summed E-state index contributed by atoms with van der Waals surface area (Å²) >= 11 is 1.19. The van der Waals surface area contributed by atoms with Crippen LogP contribution in [0.5, 0.6) is 0 Å². The van der Waals surface area contributed by atoms with Gasteiger partial charge in [-0.25, -0.2) is 4.98 Å². The van der Waals surface area contributed by atoms with Crippen LogP contribution >= 0.6 is 11.3 Å². The van der Waals surface area contributed by atoms with Gasteiger partial charge in [-0.05, 0) is 6.42 Å². The van der Waals surface area contributed by atoms with Crippen molar-refractivity contribution >= 4 is 17.2 Å². The van der Waals surface area contributed by atoms with Gasteiger partial charge < -0.3 is 4.90 Å². The van der Waals surface area contributed by atoms with E-state index >= 15 is 0 Å². The number of carbonyl (C=O) groups is 1. The van der Waals surface area contributed by atoms with Crippen LogP contribution in [0.15, 0.2) is 10.9 Å². The Balaban J connectivity index is 2.72. The number of nitrogens with zero attached hydrogens (tertiary/aromatic N) is 2. The van der Waals surface area contributed by atoms with Crippen molar-refractivity contribution in [2.45, 2.75) is 25.9 Å². The first-order valence-electron chi connectivity index (χ1n) is 5.18. The third-order valence-corrected chi connectivity index (χ3v) is 2.68. The average Bonchev–Trinajstić information content (AvgIpc) is 2.74. The Morgan fingerprint density at radius 3 is 2.71 bits per heavy atom. The first-order valence-corrected chi connectivity index (χ1v) is 6.12. The molecule has 0 aromatic carbocycles. The van der Waals surface area contributed by atoms with Crippen molar-refractivity contribution in [1.82, 2.24) is 9.88 Å². The van der Waals surface area contributed by atoms with Crippen LogP contribution in [0.25, 0.3) is 0 Å². The molecular formula is C10H13F3N2OS. The quantitative estimate of drug-likeness (QED) is 0.821. The molecule has 0 spiro atoms. The molecule has 1 aromatic rings. The number of thiazole rings is 1. The Morgan fingerprint density at radius 1 is 1.53 bits per heavy atom. The van der Waals surface area contributed by atoms with Crippen LogP contribution in [0.1, 0.15) is 30.3 Å². The van der Waals surface area contributed by atoms with Crippen molar-refractivity contribution < 1.29 is 18.0 Å². The second kappa shape index (κ2) is 6.00. The first-order chi connectivity index (χ1) is 7.94. The summed E-state index contributed by atoms with van der Waals surface area (Å²) in [5.74, 6) is -0.656. The highest BCUT2D eigenvalue weighted by molar-refractivity contribution is 7.07. The van der Waals surface area contributed by atoms with E-state index in [9.17, 15) is 18.0 Å². The van der Waals surface area contributed by atoms with Crippen molar-refractivity contribution in [3.8, 4) is 0 Å². The fourth-order valence-corrected chi connectivity index (χ4v) is 1.82. The Hall–Kier alpha value is -1.11. The van der Waals surface area contributed by atoms with Gasteiger partial charge in [0.1, 0.15) is 12.2 Å². The Morgan fingerprint density at radius 2 is 2.24 bits per heavy atom. The maximum Gasteiger partial charge on any atom is 0.406 e. The lowest BCUT2D eigenvalue weighted by Gasteiger charge is -2.22. The second-order valence-corrected chi connectivity index (χ2v) is 4.29. The summed E-state index contributed by atoms with van der Waals surface area (Å²) in [6, 6.07) is 0. The minimum atomic E-state index is -4.38. The van der Waals surface area contributed by atoms with Gasteiger partial charge >= 0.3 is 6.18 Å². The van der Waals surface area contributed by atoms with Crippen LogP contribution in [-0.2, 0) is 0 Å². The molecule has 0 unspecified atom stereocenters. The van der Waals surface area contributed by atoms with Gasteiger partial charge in [-0.3, -0.25) is 4.79 Å². The lowest BCUT2D eigenvalue weighted by molar-refractivity contribution is -0.140. The Labute approximate surface area is 101 Å². The number of amides is 1. The molecule has 1 amide bonds. The number of hydrogen-bond acceptors (Lipinski definition) is 3. The molecular weight excluding hydrogens is 253 g/mol. The highest BCUT2D eigenvalue weighted by Gasteiger charge is 2.33.